The average molecular weight is 346 g/mol. The summed E-state index contributed by atoms with van der Waals surface area (Å²) in [6.07, 6.45) is 6.35. The Bertz CT molecular complexity index is 729. The first kappa shape index (κ1) is 17.3. The van der Waals surface area contributed by atoms with Crippen molar-refractivity contribution in [3.05, 3.63) is 41.1 Å². The van der Waals surface area contributed by atoms with Crippen LogP contribution in [0.25, 0.3) is 0 Å². The summed E-state index contributed by atoms with van der Waals surface area (Å²) in [6, 6.07) is 1.50. The van der Waals surface area contributed by atoms with Crippen LogP contribution in [0.3, 0.4) is 0 Å². The first-order valence-corrected chi connectivity index (χ1v) is 8.42. The zero-order chi connectivity index (χ0) is 17.5. The Labute approximate surface area is 145 Å². The Morgan fingerprint density at radius 1 is 1.44 bits per heavy atom. The van der Waals surface area contributed by atoms with Crippen molar-refractivity contribution in [3.8, 4) is 0 Å². The SMILES string of the molecule is O=C(CCCn1cncn1)N1CCOC[C@@H](Cc2cc(=O)[nH]cn2)C1. The summed E-state index contributed by atoms with van der Waals surface area (Å²) in [6.45, 7) is 3.00. The highest BCUT2D eigenvalue weighted by molar-refractivity contribution is 5.76. The van der Waals surface area contributed by atoms with Crippen LogP contribution in [0.2, 0.25) is 0 Å². The highest BCUT2D eigenvalue weighted by Gasteiger charge is 2.23. The first-order valence-electron chi connectivity index (χ1n) is 8.42. The number of hydrogen-bond donors (Lipinski definition) is 1. The van der Waals surface area contributed by atoms with Gasteiger partial charge >= 0.3 is 0 Å². The highest BCUT2D eigenvalue weighted by Crippen LogP contribution is 2.13. The molecule has 2 aromatic heterocycles. The van der Waals surface area contributed by atoms with E-state index in [9.17, 15) is 9.59 Å². The van der Waals surface area contributed by atoms with E-state index in [1.807, 2.05) is 4.90 Å². The fourth-order valence-corrected chi connectivity index (χ4v) is 2.95. The third-order valence-corrected chi connectivity index (χ3v) is 4.17. The van der Waals surface area contributed by atoms with Gasteiger partial charge in [0.1, 0.15) is 12.7 Å². The fraction of sp³-hybridized carbons (Fsp3) is 0.562. The van der Waals surface area contributed by atoms with Crippen LogP contribution >= 0.6 is 0 Å². The Kier molecular flexibility index (Phi) is 5.89. The average Bonchev–Trinajstić information content (AvgIpc) is 3.00. The van der Waals surface area contributed by atoms with Crippen LogP contribution in [0.4, 0.5) is 0 Å². The maximum Gasteiger partial charge on any atom is 0.250 e. The first-order chi connectivity index (χ1) is 12.2. The van der Waals surface area contributed by atoms with Crippen molar-refractivity contribution in [3.63, 3.8) is 0 Å². The molecule has 9 nitrogen and oxygen atoms in total. The second-order valence-corrected chi connectivity index (χ2v) is 6.15. The van der Waals surface area contributed by atoms with Crippen LogP contribution in [-0.2, 0) is 22.5 Å². The molecule has 1 N–H and O–H groups in total. The van der Waals surface area contributed by atoms with E-state index in [0.29, 0.717) is 45.7 Å². The molecule has 1 amide bonds. The molecule has 1 fully saturated rings. The number of ether oxygens (including phenoxy) is 1. The van der Waals surface area contributed by atoms with Gasteiger partial charge in [-0.1, -0.05) is 0 Å². The molecule has 9 heteroatoms. The Balaban J connectivity index is 1.51. The molecule has 134 valence electrons. The van der Waals surface area contributed by atoms with Crippen LogP contribution in [0.15, 0.2) is 29.8 Å². The molecule has 25 heavy (non-hydrogen) atoms. The number of H-pyrrole nitrogens is 1. The molecule has 0 aromatic carbocycles. The molecular weight excluding hydrogens is 324 g/mol. The fourth-order valence-electron chi connectivity index (χ4n) is 2.95. The normalized spacial score (nSPS) is 18.1. The molecule has 2 aromatic rings. The van der Waals surface area contributed by atoms with Gasteiger partial charge in [-0.25, -0.2) is 9.97 Å². The number of aryl methyl sites for hydroxylation is 1. The van der Waals surface area contributed by atoms with E-state index in [4.69, 9.17) is 4.74 Å². The maximum atomic E-state index is 12.5. The Morgan fingerprint density at radius 2 is 2.36 bits per heavy atom. The summed E-state index contributed by atoms with van der Waals surface area (Å²) in [5, 5.41) is 4.03. The number of nitrogens with one attached hydrogen (secondary N) is 1. The van der Waals surface area contributed by atoms with Crippen molar-refractivity contribution in [1.82, 2.24) is 29.6 Å². The van der Waals surface area contributed by atoms with Crippen molar-refractivity contribution < 1.29 is 9.53 Å². The van der Waals surface area contributed by atoms with Gasteiger partial charge in [0.15, 0.2) is 0 Å². The Hall–Kier alpha value is -2.55. The lowest BCUT2D eigenvalue weighted by Crippen LogP contribution is -2.36. The van der Waals surface area contributed by atoms with Gasteiger partial charge in [-0.15, -0.1) is 0 Å². The van der Waals surface area contributed by atoms with Gasteiger partial charge in [-0.3, -0.25) is 14.3 Å². The molecule has 1 aliphatic heterocycles. The lowest BCUT2D eigenvalue weighted by Gasteiger charge is -2.23. The molecule has 3 rings (SSSR count). The minimum absolute atomic E-state index is 0.120. The number of aromatic amines is 1. The molecule has 0 saturated carbocycles. The number of amides is 1. The molecule has 0 radical (unpaired) electrons. The van der Waals surface area contributed by atoms with E-state index >= 15 is 0 Å². The lowest BCUT2D eigenvalue weighted by molar-refractivity contribution is -0.131. The molecule has 0 bridgehead atoms. The van der Waals surface area contributed by atoms with E-state index in [0.717, 1.165) is 12.1 Å². The molecule has 3 heterocycles. The number of hydrogen-bond acceptors (Lipinski definition) is 6. The number of rotatable bonds is 6. The van der Waals surface area contributed by atoms with Gasteiger partial charge in [0.25, 0.3) is 5.56 Å². The zero-order valence-electron chi connectivity index (χ0n) is 14.0. The van der Waals surface area contributed by atoms with Crippen LogP contribution in [0.1, 0.15) is 18.5 Å². The van der Waals surface area contributed by atoms with E-state index in [-0.39, 0.29) is 17.4 Å². The minimum Gasteiger partial charge on any atom is -0.379 e. The maximum absolute atomic E-state index is 12.5. The van der Waals surface area contributed by atoms with Crippen LogP contribution in [-0.4, -0.2) is 61.8 Å². The summed E-state index contributed by atoms with van der Waals surface area (Å²) in [7, 11) is 0. The van der Waals surface area contributed by atoms with E-state index in [2.05, 4.69) is 20.1 Å². The number of carbonyl (C=O) groups excluding carboxylic acids is 1. The van der Waals surface area contributed by atoms with Crippen molar-refractivity contribution in [2.75, 3.05) is 26.3 Å². The molecule has 1 aliphatic rings. The minimum atomic E-state index is -0.166. The van der Waals surface area contributed by atoms with Crippen LogP contribution < -0.4 is 5.56 Å². The standard InChI is InChI=1S/C16H22N6O3/c23-15-7-14(18-11-19-15)6-13-8-21(4-5-25-9-13)16(24)2-1-3-22-12-17-10-20-22/h7,10-13H,1-6,8-9H2,(H,18,19,23)/t13-/m0/s1. The smallest absolute Gasteiger partial charge is 0.250 e. The summed E-state index contributed by atoms with van der Waals surface area (Å²) >= 11 is 0. The summed E-state index contributed by atoms with van der Waals surface area (Å²) < 4.78 is 7.35. The second kappa shape index (κ2) is 8.52. The number of aromatic nitrogens is 5. The molecule has 0 aliphatic carbocycles. The highest BCUT2D eigenvalue weighted by atomic mass is 16.5. The Morgan fingerprint density at radius 3 is 3.16 bits per heavy atom. The quantitative estimate of drug-likeness (QED) is 0.780. The second-order valence-electron chi connectivity index (χ2n) is 6.15. The number of nitrogens with zero attached hydrogens (tertiary/aromatic N) is 5. The van der Waals surface area contributed by atoms with Gasteiger partial charge in [0.05, 0.1) is 19.5 Å². The van der Waals surface area contributed by atoms with Gasteiger partial charge in [0, 0.05) is 43.7 Å². The van der Waals surface area contributed by atoms with Crippen LogP contribution in [0, 0.1) is 5.92 Å². The van der Waals surface area contributed by atoms with E-state index in [1.54, 1.807) is 11.0 Å². The van der Waals surface area contributed by atoms with Crippen LogP contribution in [0.5, 0.6) is 0 Å². The van der Waals surface area contributed by atoms with Crippen molar-refractivity contribution in [1.29, 1.82) is 0 Å². The van der Waals surface area contributed by atoms with Gasteiger partial charge in [-0.05, 0) is 12.8 Å². The molecular formula is C16H22N6O3. The molecule has 0 unspecified atom stereocenters. The van der Waals surface area contributed by atoms with Gasteiger partial charge in [0.2, 0.25) is 5.91 Å². The van der Waals surface area contributed by atoms with E-state index in [1.165, 1.54) is 18.7 Å². The third-order valence-electron chi connectivity index (χ3n) is 4.17. The molecule has 0 spiro atoms. The summed E-state index contributed by atoms with van der Waals surface area (Å²) in [5.74, 6) is 0.255. The number of carbonyl (C=O) groups is 1. The predicted octanol–water partition coefficient (Wildman–Crippen LogP) is -0.141. The predicted molar refractivity (Wildman–Crippen MR) is 88.7 cm³/mol. The summed E-state index contributed by atoms with van der Waals surface area (Å²) in [4.78, 5) is 36.3. The van der Waals surface area contributed by atoms with E-state index < -0.39 is 0 Å². The van der Waals surface area contributed by atoms with Gasteiger partial charge in [-0.2, -0.15) is 5.10 Å². The molecule has 1 saturated heterocycles. The largest absolute Gasteiger partial charge is 0.379 e. The topological polar surface area (TPSA) is 106 Å². The van der Waals surface area contributed by atoms with Gasteiger partial charge < -0.3 is 14.6 Å². The lowest BCUT2D eigenvalue weighted by atomic mass is 10.0. The van der Waals surface area contributed by atoms with Crippen molar-refractivity contribution in [2.24, 2.45) is 5.92 Å². The van der Waals surface area contributed by atoms with Crippen molar-refractivity contribution in [2.45, 2.75) is 25.8 Å². The van der Waals surface area contributed by atoms with Crippen molar-refractivity contribution >= 4 is 5.91 Å². The monoisotopic (exact) mass is 346 g/mol. The summed E-state index contributed by atoms with van der Waals surface area (Å²) in [5.41, 5.74) is 0.554. The molecule has 1 atom stereocenters. The third kappa shape index (κ3) is 5.21. The zero-order valence-corrected chi connectivity index (χ0v) is 14.0.